The first-order chi connectivity index (χ1) is 7.36. The zero-order valence-electron chi connectivity index (χ0n) is 9.13. The molecule has 0 aromatic rings. The fourth-order valence-electron chi connectivity index (χ4n) is 2.26. The summed E-state index contributed by atoms with van der Waals surface area (Å²) in [6.45, 7) is 2.62. The van der Waals surface area contributed by atoms with Gasteiger partial charge in [0.05, 0.1) is 12.1 Å². The van der Waals surface area contributed by atoms with Crippen LogP contribution in [0.2, 0.25) is 0 Å². The van der Waals surface area contributed by atoms with Gasteiger partial charge in [0.1, 0.15) is 0 Å². The molecule has 0 saturated carbocycles. The SMILES string of the molecule is O=C(NCCC1CCCO1)[C@@H]1CCCN1. The minimum Gasteiger partial charge on any atom is -0.378 e. The minimum atomic E-state index is 0.0505. The first-order valence-electron chi connectivity index (χ1n) is 5.99. The highest BCUT2D eigenvalue weighted by atomic mass is 16.5. The smallest absolute Gasteiger partial charge is 0.237 e. The Kier molecular flexibility index (Phi) is 3.97. The van der Waals surface area contributed by atoms with Gasteiger partial charge in [0.15, 0.2) is 0 Å². The van der Waals surface area contributed by atoms with Gasteiger partial charge in [0.2, 0.25) is 5.91 Å². The van der Waals surface area contributed by atoms with Gasteiger partial charge >= 0.3 is 0 Å². The highest BCUT2D eigenvalue weighted by Gasteiger charge is 2.22. The third kappa shape index (κ3) is 3.18. The van der Waals surface area contributed by atoms with Gasteiger partial charge in [-0.05, 0) is 38.6 Å². The topological polar surface area (TPSA) is 50.4 Å². The van der Waals surface area contributed by atoms with Crippen molar-refractivity contribution in [2.75, 3.05) is 19.7 Å². The molecule has 0 aliphatic carbocycles. The van der Waals surface area contributed by atoms with Gasteiger partial charge in [-0.1, -0.05) is 0 Å². The van der Waals surface area contributed by atoms with Gasteiger partial charge < -0.3 is 15.4 Å². The fraction of sp³-hybridized carbons (Fsp3) is 0.909. The number of amides is 1. The van der Waals surface area contributed by atoms with E-state index in [4.69, 9.17) is 4.74 Å². The van der Waals surface area contributed by atoms with Crippen LogP contribution in [-0.4, -0.2) is 37.7 Å². The van der Waals surface area contributed by atoms with Crippen LogP contribution in [0.15, 0.2) is 0 Å². The first kappa shape index (κ1) is 10.9. The fourth-order valence-corrected chi connectivity index (χ4v) is 2.26. The van der Waals surface area contributed by atoms with Gasteiger partial charge in [-0.25, -0.2) is 0 Å². The molecule has 2 fully saturated rings. The minimum absolute atomic E-state index is 0.0505. The molecule has 2 atom stereocenters. The molecule has 15 heavy (non-hydrogen) atoms. The van der Waals surface area contributed by atoms with Crippen LogP contribution in [0.25, 0.3) is 0 Å². The molecule has 2 aliphatic heterocycles. The third-order valence-corrected chi connectivity index (χ3v) is 3.17. The monoisotopic (exact) mass is 212 g/mol. The number of nitrogens with one attached hydrogen (secondary N) is 2. The lowest BCUT2D eigenvalue weighted by Crippen LogP contribution is -2.41. The molecule has 4 nitrogen and oxygen atoms in total. The zero-order valence-corrected chi connectivity index (χ0v) is 9.13. The molecular weight excluding hydrogens is 192 g/mol. The van der Waals surface area contributed by atoms with Gasteiger partial charge in [0, 0.05) is 13.2 Å². The summed E-state index contributed by atoms with van der Waals surface area (Å²) in [7, 11) is 0. The molecular formula is C11H20N2O2. The van der Waals surface area contributed by atoms with Gasteiger partial charge in [-0.3, -0.25) is 4.79 Å². The molecule has 86 valence electrons. The maximum Gasteiger partial charge on any atom is 0.237 e. The summed E-state index contributed by atoms with van der Waals surface area (Å²) >= 11 is 0. The summed E-state index contributed by atoms with van der Waals surface area (Å²) in [5.41, 5.74) is 0. The Labute approximate surface area is 90.8 Å². The highest BCUT2D eigenvalue weighted by molar-refractivity contribution is 5.81. The summed E-state index contributed by atoms with van der Waals surface area (Å²) in [5, 5.41) is 6.16. The van der Waals surface area contributed by atoms with Crippen molar-refractivity contribution in [1.82, 2.24) is 10.6 Å². The Hall–Kier alpha value is -0.610. The normalized spacial score (nSPS) is 30.7. The van der Waals surface area contributed by atoms with Crippen molar-refractivity contribution in [3.05, 3.63) is 0 Å². The molecule has 0 aromatic heterocycles. The van der Waals surface area contributed by atoms with E-state index in [1.54, 1.807) is 0 Å². The van der Waals surface area contributed by atoms with Crippen molar-refractivity contribution < 1.29 is 9.53 Å². The van der Waals surface area contributed by atoms with Crippen LogP contribution in [0, 0.1) is 0 Å². The van der Waals surface area contributed by atoms with Crippen LogP contribution in [0.4, 0.5) is 0 Å². The Bertz CT molecular complexity index is 209. The van der Waals surface area contributed by atoms with Crippen LogP contribution < -0.4 is 10.6 Å². The molecule has 2 aliphatic rings. The van der Waals surface area contributed by atoms with E-state index < -0.39 is 0 Å². The van der Waals surface area contributed by atoms with Crippen molar-refractivity contribution in [3.63, 3.8) is 0 Å². The van der Waals surface area contributed by atoms with Crippen molar-refractivity contribution in [3.8, 4) is 0 Å². The summed E-state index contributed by atoms with van der Waals surface area (Å²) in [5.74, 6) is 0.158. The second-order valence-electron chi connectivity index (χ2n) is 4.36. The standard InChI is InChI=1S/C11H20N2O2/c14-11(10-4-1-6-12-10)13-7-5-9-3-2-8-15-9/h9-10,12H,1-8H2,(H,13,14)/t9?,10-/m0/s1. The second-order valence-corrected chi connectivity index (χ2v) is 4.36. The lowest BCUT2D eigenvalue weighted by atomic mass is 10.1. The van der Waals surface area contributed by atoms with E-state index in [2.05, 4.69) is 10.6 Å². The summed E-state index contributed by atoms with van der Waals surface area (Å²) in [4.78, 5) is 11.6. The van der Waals surface area contributed by atoms with E-state index in [1.807, 2.05) is 0 Å². The molecule has 0 bridgehead atoms. The molecule has 1 amide bonds. The zero-order chi connectivity index (χ0) is 10.5. The maximum absolute atomic E-state index is 11.6. The predicted molar refractivity (Wildman–Crippen MR) is 57.6 cm³/mol. The summed E-state index contributed by atoms with van der Waals surface area (Å²) in [6, 6.07) is 0.0505. The molecule has 0 aromatic carbocycles. The number of carbonyl (C=O) groups is 1. The average molecular weight is 212 g/mol. The summed E-state index contributed by atoms with van der Waals surface area (Å²) in [6.07, 6.45) is 5.75. The number of hydrogen-bond donors (Lipinski definition) is 2. The Morgan fingerprint density at radius 2 is 2.33 bits per heavy atom. The molecule has 4 heteroatoms. The van der Waals surface area contributed by atoms with E-state index in [0.29, 0.717) is 6.10 Å². The third-order valence-electron chi connectivity index (χ3n) is 3.17. The second kappa shape index (κ2) is 5.47. The van der Waals surface area contributed by atoms with Crippen molar-refractivity contribution in [1.29, 1.82) is 0 Å². The number of carbonyl (C=O) groups excluding carboxylic acids is 1. The Morgan fingerprint density at radius 3 is 3.00 bits per heavy atom. The molecule has 1 unspecified atom stereocenters. The van der Waals surface area contributed by atoms with E-state index in [-0.39, 0.29) is 11.9 Å². The lowest BCUT2D eigenvalue weighted by Gasteiger charge is -2.13. The Balaban J connectivity index is 1.58. The van der Waals surface area contributed by atoms with E-state index in [1.165, 1.54) is 6.42 Å². The maximum atomic E-state index is 11.6. The van der Waals surface area contributed by atoms with Crippen LogP contribution in [-0.2, 0) is 9.53 Å². The summed E-state index contributed by atoms with van der Waals surface area (Å²) < 4.78 is 5.49. The van der Waals surface area contributed by atoms with Crippen LogP contribution in [0.1, 0.15) is 32.1 Å². The van der Waals surface area contributed by atoms with Crippen molar-refractivity contribution >= 4 is 5.91 Å². The molecule has 2 heterocycles. The lowest BCUT2D eigenvalue weighted by molar-refractivity contribution is -0.122. The predicted octanol–water partition coefficient (Wildman–Crippen LogP) is 0.424. The first-order valence-corrected chi connectivity index (χ1v) is 5.99. The van der Waals surface area contributed by atoms with E-state index >= 15 is 0 Å². The van der Waals surface area contributed by atoms with Gasteiger partial charge in [-0.15, -0.1) is 0 Å². The molecule has 2 N–H and O–H groups in total. The largest absolute Gasteiger partial charge is 0.378 e. The van der Waals surface area contributed by atoms with E-state index in [9.17, 15) is 4.79 Å². The molecule has 0 radical (unpaired) electrons. The number of hydrogen-bond acceptors (Lipinski definition) is 3. The number of ether oxygens (including phenoxy) is 1. The quantitative estimate of drug-likeness (QED) is 0.710. The van der Waals surface area contributed by atoms with Crippen molar-refractivity contribution in [2.24, 2.45) is 0 Å². The Morgan fingerprint density at radius 1 is 1.40 bits per heavy atom. The van der Waals surface area contributed by atoms with Crippen LogP contribution in [0.3, 0.4) is 0 Å². The van der Waals surface area contributed by atoms with Crippen LogP contribution in [0.5, 0.6) is 0 Å². The number of rotatable bonds is 4. The van der Waals surface area contributed by atoms with Gasteiger partial charge in [-0.2, -0.15) is 0 Å². The van der Waals surface area contributed by atoms with E-state index in [0.717, 1.165) is 45.4 Å². The molecule has 2 rings (SSSR count). The molecule has 2 saturated heterocycles. The van der Waals surface area contributed by atoms with Crippen molar-refractivity contribution in [2.45, 2.75) is 44.2 Å². The average Bonchev–Trinajstić information content (AvgIpc) is 2.90. The highest BCUT2D eigenvalue weighted by Crippen LogP contribution is 2.14. The van der Waals surface area contributed by atoms with Gasteiger partial charge in [0.25, 0.3) is 0 Å². The molecule has 0 spiro atoms. The van der Waals surface area contributed by atoms with Crippen LogP contribution >= 0.6 is 0 Å².